The number of rotatable bonds is 9. The maximum Gasteiger partial charge on any atom is 0.0615 e. The van der Waals surface area contributed by atoms with Crippen LogP contribution in [0.5, 0.6) is 0 Å². The molecule has 20 heavy (non-hydrogen) atoms. The Morgan fingerprint density at radius 2 is 1.80 bits per heavy atom. The molecule has 1 unspecified atom stereocenters. The molecule has 1 atom stereocenters. The van der Waals surface area contributed by atoms with Crippen molar-refractivity contribution in [3.05, 3.63) is 0 Å². The van der Waals surface area contributed by atoms with Crippen LogP contribution in [-0.4, -0.2) is 50.8 Å². The molecule has 120 valence electrons. The number of methoxy groups -OCH3 is 1. The van der Waals surface area contributed by atoms with Gasteiger partial charge in [0.05, 0.1) is 6.61 Å². The number of hydrogen-bond acceptors (Lipinski definition) is 3. The van der Waals surface area contributed by atoms with Gasteiger partial charge in [0.25, 0.3) is 0 Å². The van der Waals surface area contributed by atoms with Crippen LogP contribution >= 0.6 is 0 Å². The Hall–Kier alpha value is -0.120. The van der Waals surface area contributed by atoms with Crippen LogP contribution in [0.25, 0.3) is 0 Å². The van der Waals surface area contributed by atoms with E-state index in [0.717, 1.165) is 19.7 Å². The van der Waals surface area contributed by atoms with Crippen LogP contribution < -0.4 is 5.32 Å². The van der Waals surface area contributed by atoms with E-state index in [1.165, 1.54) is 51.6 Å². The largest absolute Gasteiger partial charge is 0.383 e. The molecule has 1 rings (SSSR count). The van der Waals surface area contributed by atoms with E-state index >= 15 is 0 Å². The molecule has 0 aromatic heterocycles. The van der Waals surface area contributed by atoms with E-state index in [9.17, 15) is 0 Å². The maximum absolute atomic E-state index is 5.36. The van der Waals surface area contributed by atoms with Gasteiger partial charge in [-0.25, -0.2) is 0 Å². The molecule has 0 saturated heterocycles. The first kappa shape index (κ1) is 17.9. The van der Waals surface area contributed by atoms with E-state index < -0.39 is 0 Å². The van der Waals surface area contributed by atoms with Crippen molar-refractivity contribution in [2.24, 2.45) is 5.41 Å². The Balaban J connectivity index is 2.69. The summed E-state index contributed by atoms with van der Waals surface area (Å²) >= 11 is 0. The second-order valence-corrected chi connectivity index (χ2v) is 6.56. The molecule has 0 bridgehead atoms. The highest BCUT2D eigenvalue weighted by Gasteiger charge is 2.33. The van der Waals surface area contributed by atoms with Crippen molar-refractivity contribution in [2.45, 2.75) is 65.3 Å². The van der Waals surface area contributed by atoms with E-state index in [4.69, 9.17) is 4.74 Å². The van der Waals surface area contributed by atoms with Gasteiger partial charge in [-0.1, -0.05) is 39.5 Å². The van der Waals surface area contributed by atoms with Gasteiger partial charge in [0.2, 0.25) is 0 Å². The fourth-order valence-corrected chi connectivity index (χ4v) is 3.62. The van der Waals surface area contributed by atoms with Gasteiger partial charge in [0.15, 0.2) is 0 Å². The molecule has 1 aliphatic carbocycles. The minimum absolute atomic E-state index is 0.477. The summed E-state index contributed by atoms with van der Waals surface area (Å²) in [7, 11) is 1.81. The number of likely N-dealkylation sites (N-methyl/N-ethyl adjacent to an activating group) is 1. The van der Waals surface area contributed by atoms with Crippen molar-refractivity contribution in [1.29, 1.82) is 0 Å². The van der Waals surface area contributed by atoms with Gasteiger partial charge in [-0.05, 0) is 38.3 Å². The summed E-state index contributed by atoms with van der Waals surface area (Å²) in [5, 5.41) is 3.63. The lowest BCUT2D eigenvalue weighted by molar-refractivity contribution is 0.0585. The van der Waals surface area contributed by atoms with Gasteiger partial charge >= 0.3 is 0 Å². The molecule has 1 N–H and O–H groups in total. The van der Waals surface area contributed by atoms with Gasteiger partial charge < -0.3 is 10.1 Å². The Morgan fingerprint density at radius 3 is 2.30 bits per heavy atom. The predicted molar refractivity (Wildman–Crippen MR) is 87.3 cm³/mol. The van der Waals surface area contributed by atoms with Gasteiger partial charge in [0, 0.05) is 26.2 Å². The first-order valence-electron chi connectivity index (χ1n) is 8.61. The van der Waals surface area contributed by atoms with Gasteiger partial charge in [-0.3, -0.25) is 4.90 Å². The first-order chi connectivity index (χ1) is 9.67. The molecule has 0 aliphatic heterocycles. The quantitative estimate of drug-likeness (QED) is 0.658. The van der Waals surface area contributed by atoms with E-state index in [1.807, 2.05) is 7.11 Å². The van der Waals surface area contributed by atoms with Crippen molar-refractivity contribution in [1.82, 2.24) is 10.2 Å². The highest BCUT2D eigenvalue weighted by molar-refractivity contribution is 4.88. The smallest absolute Gasteiger partial charge is 0.0615 e. The van der Waals surface area contributed by atoms with Crippen molar-refractivity contribution in [2.75, 3.05) is 39.9 Å². The fraction of sp³-hybridized carbons (Fsp3) is 1.00. The zero-order chi connectivity index (χ0) is 14.8. The molecule has 0 amide bonds. The molecule has 0 spiro atoms. The van der Waals surface area contributed by atoms with Crippen LogP contribution in [0.15, 0.2) is 0 Å². The Kier molecular flexibility index (Phi) is 8.74. The fourth-order valence-electron chi connectivity index (χ4n) is 3.62. The SMILES string of the molecule is CCNCC1(CN(CC)C(C)COC)CCCCCC1. The Morgan fingerprint density at radius 1 is 1.15 bits per heavy atom. The standard InChI is InChI=1S/C17H36N2O/c1-5-18-14-17(11-9-7-8-10-12-17)15-19(6-2)16(3)13-20-4/h16,18H,5-15H2,1-4H3. The summed E-state index contributed by atoms with van der Waals surface area (Å²) in [5.74, 6) is 0. The number of nitrogens with one attached hydrogen (secondary N) is 1. The van der Waals surface area contributed by atoms with E-state index in [1.54, 1.807) is 0 Å². The summed E-state index contributed by atoms with van der Waals surface area (Å²) in [6, 6.07) is 0.520. The van der Waals surface area contributed by atoms with Crippen LogP contribution in [0.1, 0.15) is 59.3 Å². The highest BCUT2D eigenvalue weighted by atomic mass is 16.5. The van der Waals surface area contributed by atoms with Crippen molar-refractivity contribution in [3.63, 3.8) is 0 Å². The summed E-state index contributed by atoms with van der Waals surface area (Å²) < 4.78 is 5.36. The Labute approximate surface area is 126 Å². The molecule has 3 heteroatoms. The lowest BCUT2D eigenvalue weighted by atomic mass is 9.79. The summed E-state index contributed by atoms with van der Waals surface area (Å²) in [6.45, 7) is 12.2. The third-order valence-electron chi connectivity index (χ3n) is 4.89. The van der Waals surface area contributed by atoms with Gasteiger partial charge in [0.1, 0.15) is 0 Å². The third kappa shape index (κ3) is 5.71. The molecule has 1 fully saturated rings. The summed E-state index contributed by atoms with van der Waals surface area (Å²) in [6.07, 6.45) is 8.43. The van der Waals surface area contributed by atoms with Crippen LogP contribution in [0.3, 0.4) is 0 Å². The van der Waals surface area contributed by atoms with Gasteiger partial charge in [-0.15, -0.1) is 0 Å². The molecule has 0 heterocycles. The molecule has 0 radical (unpaired) electrons. The molecule has 1 saturated carbocycles. The second-order valence-electron chi connectivity index (χ2n) is 6.56. The molecular weight excluding hydrogens is 248 g/mol. The summed E-state index contributed by atoms with van der Waals surface area (Å²) in [5.41, 5.74) is 0.477. The molecular formula is C17H36N2O. The topological polar surface area (TPSA) is 24.5 Å². The predicted octanol–water partition coefficient (Wildman–Crippen LogP) is 3.29. The van der Waals surface area contributed by atoms with Crippen LogP contribution in [0, 0.1) is 5.41 Å². The monoisotopic (exact) mass is 284 g/mol. The number of nitrogens with zero attached hydrogens (tertiary/aromatic N) is 1. The van der Waals surface area contributed by atoms with Crippen molar-refractivity contribution < 1.29 is 4.74 Å². The van der Waals surface area contributed by atoms with E-state index in [2.05, 4.69) is 31.0 Å². The van der Waals surface area contributed by atoms with Crippen molar-refractivity contribution >= 4 is 0 Å². The second kappa shape index (κ2) is 9.75. The average molecular weight is 284 g/mol. The summed E-state index contributed by atoms with van der Waals surface area (Å²) in [4.78, 5) is 2.62. The molecule has 3 nitrogen and oxygen atoms in total. The van der Waals surface area contributed by atoms with Crippen LogP contribution in [-0.2, 0) is 4.74 Å². The maximum atomic E-state index is 5.36. The molecule has 0 aromatic carbocycles. The number of ether oxygens (including phenoxy) is 1. The lowest BCUT2D eigenvalue weighted by Crippen LogP contribution is -2.48. The van der Waals surface area contributed by atoms with Crippen LogP contribution in [0.2, 0.25) is 0 Å². The average Bonchev–Trinajstić information content (AvgIpc) is 2.69. The Bertz CT molecular complexity index is 237. The molecule has 0 aromatic rings. The van der Waals surface area contributed by atoms with Crippen LogP contribution in [0.4, 0.5) is 0 Å². The van der Waals surface area contributed by atoms with Crippen molar-refractivity contribution in [3.8, 4) is 0 Å². The minimum atomic E-state index is 0.477. The van der Waals surface area contributed by atoms with E-state index in [-0.39, 0.29) is 0 Å². The van der Waals surface area contributed by atoms with E-state index in [0.29, 0.717) is 11.5 Å². The number of hydrogen-bond donors (Lipinski definition) is 1. The van der Waals surface area contributed by atoms with Gasteiger partial charge in [-0.2, -0.15) is 0 Å². The minimum Gasteiger partial charge on any atom is -0.383 e. The lowest BCUT2D eigenvalue weighted by Gasteiger charge is -2.40. The first-order valence-corrected chi connectivity index (χ1v) is 8.61. The zero-order valence-corrected chi connectivity index (χ0v) is 14.2. The molecule has 1 aliphatic rings. The highest BCUT2D eigenvalue weighted by Crippen LogP contribution is 2.35. The third-order valence-corrected chi connectivity index (χ3v) is 4.89. The zero-order valence-electron chi connectivity index (χ0n) is 14.2. The normalized spacial score (nSPS) is 20.9.